The van der Waals surface area contributed by atoms with Crippen molar-refractivity contribution in [3.05, 3.63) is 35.6 Å². The Morgan fingerprint density at radius 1 is 1.43 bits per heavy atom. The molecule has 2 bridgehead atoms. The minimum Gasteiger partial charge on any atom is -0.333 e. The number of hydrogen-bond acceptors (Lipinski definition) is 5. The van der Waals surface area contributed by atoms with Gasteiger partial charge < -0.3 is 15.5 Å². The number of nitrogens with zero attached hydrogens (tertiary/aromatic N) is 4. The highest BCUT2D eigenvalue weighted by Gasteiger charge is 2.50. The third kappa shape index (κ3) is 3.36. The molecule has 1 aromatic rings. The number of hydrogen-bond donors (Lipinski definition) is 1. The van der Waals surface area contributed by atoms with E-state index in [9.17, 15) is 19.2 Å². The second kappa shape index (κ2) is 7.49. The molecule has 3 fully saturated rings. The fourth-order valence-corrected chi connectivity index (χ4v) is 4.68. The number of likely N-dealkylation sites (tertiary alicyclic amines) is 3. The van der Waals surface area contributed by atoms with E-state index < -0.39 is 12.1 Å². The van der Waals surface area contributed by atoms with E-state index in [2.05, 4.69) is 6.07 Å². The maximum Gasteiger partial charge on any atom is 0.241 e. The number of carbonyl (C=O) groups excluding carboxylic acids is 2. The summed E-state index contributed by atoms with van der Waals surface area (Å²) in [5.41, 5.74) is 6.91. The van der Waals surface area contributed by atoms with Gasteiger partial charge in [-0.3, -0.25) is 14.5 Å². The molecule has 4 atom stereocenters. The summed E-state index contributed by atoms with van der Waals surface area (Å²) in [6.07, 6.45) is 2.22. The molecule has 0 radical (unpaired) electrons. The van der Waals surface area contributed by atoms with Crippen molar-refractivity contribution in [2.45, 2.75) is 50.0 Å². The number of halogens is 1. The zero-order valence-electron chi connectivity index (χ0n) is 15.6. The standard InChI is InChI=1S/C20H24FN5O2/c21-14-4-1-3-13(7-14)10-26-16-8-18(20(26)28)24(11-16)12-17(23)19(27)25-6-2-5-15(25)9-22/h1,3-4,7,15-18H,2,5-6,8,10-12,23H2/t15-,16+,17-,18+/m0/s1. The van der Waals surface area contributed by atoms with Gasteiger partial charge in [0.05, 0.1) is 18.2 Å². The summed E-state index contributed by atoms with van der Waals surface area (Å²) in [5.74, 6) is -0.509. The fourth-order valence-electron chi connectivity index (χ4n) is 4.68. The Morgan fingerprint density at radius 3 is 2.96 bits per heavy atom. The van der Waals surface area contributed by atoms with E-state index in [-0.39, 0.29) is 29.7 Å². The topological polar surface area (TPSA) is 93.7 Å². The van der Waals surface area contributed by atoms with Crippen LogP contribution in [0.1, 0.15) is 24.8 Å². The van der Waals surface area contributed by atoms with Gasteiger partial charge in [-0.05, 0) is 37.0 Å². The smallest absolute Gasteiger partial charge is 0.241 e. The van der Waals surface area contributed by atoms with Crippen molar-refractivity contribution in [3.8, 4) is 6.07 Å². The van der Waals surface area contributed by atoms with E-state index in [4.69, 9.17) is 5.73 Å². The van der Waals surface area contributed by atoms with Crippen LogP contribution < -0.4 is 5.73 Å². The van der Waals surface area contributed by atoms with Crippen LogP contribution in [0, 0.1) is 17.1 Å². The lowest BCUT2D eigenvalue weighted by molar-refractivity contribution is -0.139. The minimum absolute atomic E-state index is 0.0104. The zero-order valence-corrected chi connectivity index (χ0v) is 15.6. The molecule has 2 N–H and O–H groups in total. The molecule has 148 valence electrons. The first-order valence-corrected chi connectivity index (χ1v) is 9.72. The average Bonchev–Trinajstić information content (AvgIpc) is 3.37. The number of nitriles is 1. The molecule has 0 spiro atoms. The molecule has 0 unspecified atom stereocenters. The summed E-state index contributed by atoms with van der Waals surface area (Å²) in [4.78, 5) is 30.8. The first-order valence-electron chi connectivity index (χ1n) is 9.72. The van der Waals surface area contributed by atoms with Gasteiger partial charge in [-0.15, -0.1) is 0 Å². The van der Waals surface area contributed by atoms with E-state index in [1.54, 1.807) is 15.9 Å². The molecule has 3 heterocycles. The molecular weight excluding hydrogens is 361 g/mol. The van der Waals surface area contributed by atoms with Crippen molar-refractivity contribution < 1.29 is 14.0 Å². The SMILES string of the molecule is N#C[C@@H]1CCCN1C(=O)[C@@H](N)CN1C[C@H]2C[C@@H]1C(=O)N2Cc1cccc(F)c1. The Kier molecular flexibility index (Phi) is 5.04. The van der Waals surface area contributed by atoms with Gasteiger partial charge in [-0.25, -0.2) is 4.39 Å². The Labute approximate surface area is 163 Å². The van der Waals surface area contributed by atoms with Gasteiger partial charge in [0.1, 0.15) is 11.9 Å². The van der Waals surface area contributed by atoms with Gasteiger partial charge in [0.25, 0.3) is 0 Å². The lowest BCUT2D eigenvalue weighted by atomic mass is 10.1. The first kappa shape index (κ1) is 18.8. The summed E-state index contributed by atoms with van der Waals surface area (Å²) < 4.78 is 13.4. The molecule has 7 nitrogen and oxygen atoms in total. The predicted octanol–water partition coefficient (Wildman–Crippen LogP) is 0.453. The monoisotopic (exact) mass is 385 g/mol. The Hall–Kier alpha value is -2.50. The van der Waals surface area contributed by atoms with Crippen LogP contribution in [0.25, 0.3) is 0 Å². The van der Waals surface area contributed by atoms with Crippen LogP contribution in [0.4, 0.5) is 4.39 Å². The first-order chi connectivity index (χ1) is 13.5. The Morgan fingerprint density at radius 2 is 2.25 bits per heavy atom. The van der Waals surface area contributed by atoms with Gasteiger partial charge in [-0.1, -0.05) is 12.1 Å². The van der Waals surface area contributed by atoms with E-state index >= 15 is 0 Å². The molecule has 3 aliphatic heterocycles. The second-order valence-corrected chi connectivity index (χ2v) is 7.88. The Bertz CT molecular complexity index is 825. The molecule has 0 aromatic heterocycles. The number of rotatable bonds is 5. The maximum absolute atomic E-state index is 13.4. The lowest BCUT2D eigenvalue weighted by Gasteiger charge is -2.35. The van der Waals surface area contributed by atoms with Gasteiger partial charge in [0, 0.05) is 32.2 Å². The molecule has 0 aliphatic carbocycles. The van der Waals surface area contributed by atoms with Crippen LogP contribution in [-0.4, -0.2) is 70.3 Å². The summed E-state index contributed by atoms with van der Waals surface area (Å²) in [7, 11) is 0. The van der Waals surface area contributed by atoms with Crippen LogP contribution in [0.3, 0.4) is 0 Å². The molecule has 0 saturated carbocycles. The van der Waals surface area contributed by atoms with Crippen LogP contribution in [-0.2, 0) is 16.1 Å². The van der Waals surface area contributed by atoms with Crippen LogP contribution >= 0.6 is 0 Å². The van der Waals surface area contributed by atoms with E-state index in [1.807, 2.05) is 11.0 Å². The zero-order chi connectivity index (χ0) is 19.8. The lowest BCUT2D eigenvalue weighted by Crippen LogP contribution is -2.56. The van der Waals surface area contributed by atoms with Crippen LogP contribution in [0.5, 0.6) is 0 Å². The third-order valence-electron chi connectivity index (χ3n) is 6.07. The van der Waals surface area contributed by atoms with E-state index in [0.29, 0.717) is 39.0 Å². The van der Waals surface area contributed by atoms with Crippen molar-refractivity contribution in [2.75, 3.05) is 19.6 Å². The molecule has 3 aliphatic rings. The van der Waals surface area contributed by atoms with Crippen molar-refractivity contribution in [2.24, 2.45) is 5.73 Å². The molecule has 3 saturated heterocycles. The molecular formula is C20H24FN5O2. The highest BCUT2D eigenvalue weighted by atomic mass is 19.1. The highest BCUT2D eigenvalue weighted by Crippen LogP contribution is 2.33. The van der Waals surface area contributed by atoms with E-state index in [0.717, 1.165) is 12.0 Å². The van der Waals surface area contributed by atoms with Crippen LogP contribution in [0.15, 0.2) is 24.3 Å². The number of benzene rings is 1. The number of piperazine rings is 1. The maximum atomic E-state index is 13.4. The Balaban J connectivity index is 1.36. The number of amides is 2. The minimum atomic E-state index is -0.738. The summed E-state index contributed by atoms with van der Waals surface area (Å²) in [6.45, 7) is 1.94. The summed E-state index contributed by atoms with van der Waals surface area (Å²) in [5, 5.41) is 9.17. The van der Waals surface area contributed by atoms with Crippen LogP contribution in [0.2, 0.25) is 0 Å². The predicted molar refractivity (Wildman–Crippen MR) is 99.0 cm³/mol. The van der Waals surface area contributed by atoms with Crippen molar-refractivity contribution in [1.29, 1.82) is 5.26 Å². The molecule has 28 heavy (non-hydrogen) atoms. The highest BCUT2D eigenvalue weighted by molar-refractivity contribution is 5.86. The second-order valence-electron chi connectivity index (χ2n) is 7.88. The van der Waals surface area contributed by atoms with Crippen molar-refractivity contribution >= 4 is 11.8 Å². The average molecular weight is 385 g/mol. The van der Waals surface area contributed by atoms with Gasteiger partial charge >= 0.3 is 0 Å². The third-order valence-corrected chi connectivity index (χ3v) is 6.07. The summed E-state index contributed by atoms with van der Waals surface area (Å²) >= 11 is 0. The molecule has 8 heteroatoms. The quantitative estimate of drug-likeness (QED) is 0.794. The van der Waals surface area contributed by atoms with Gasteiger partial charge in [0.15, 0.2) is 0 Å². The molecule has 2 amide bonds. The van der Waals surface area contributed by atoms with Crippen molar-refractivity contribution in [3.63, 3.8) is 0 Å². The largest absolute Gasteiger partial charge is 0.333 e. The number of carbonyl (C=O) groups is 2. The summed E-state index contributed by atoms with van der Waals surface area (Å²) in [6, 6.07) is 7.11. The van der Waals surface area contributed by atoms with Gasteiger partial charge in [0.2, 0.25) is 11.8 Å². The van der Waals surface area contributed by atoms with E-state index in [1.165, 1.54) is 12.1 Å². The number of fused-ring (bicyclic) bond motifs is 2. The number of nitrogens with two attached hydrogens (primary N) is 1. The molecule has 1 aromatic carbocycles. The van der Waals surface area contributed by atoms with Gasteiger partial charge in [-0.2, -0.15) is 5.26 Å². The molecule has 4 rings (SSSR count). The normalized spacial score (nSPS) is 28.0. The van der Waals surface area contributed by atoms with Crippen molar-refractivity contribution in [1.82, 2.24) is 14.7 Å². The fraction of sp³-hybridized carbons (Fsp3) is 0.550.